The van der Waals surface area contributed by atoms with Crippen molar-refractivity contribution >= 4 is 19.0 Å². The Morgan fingerprint density at radius 3 is 2.56 bits per heavy atom. The first-order chi connectivity index (χ1) is 7.83. The van der Waals surface area contributed by atoms with Crippen LogP contribution in [-0.4, -0.2) is 17.2 Å². The van der Waals surface area contributed by atoms with Crippen molar-refractivity contribution in [3.05, 3.63) is 54.9 Å². The molecule has 0 atom stereocenters. The maximum Gasteiger partial charge on any atom is 0.137 e. The average Bonchev–Trinajstić information content (AvgIpc) is 2.73. The Labute approximate surface area is 95.0 Å². The summed E-state index contributed by atoms with van der Waals surface area (Å²) in [5, 5.41) is 0. The summed E-state index contributed by atoms with van der Waals surface area (Å²) < 4.78 is 2.01. The quantitative estimate of drug-likeness (QED) is 0.552. The van der Waals surface area contributed by atoms with Crippen LogP contribution in [0.2, 0.25) is 0 Å². The third-order valence-electron chi connectivity index (χ3n) is 2.57. The summed E-state index contributed by atoms with van der Waals surface area (Å²) in [5.41, 5.74) is 3.77. The van der Waals surface area contributed by atoms with Crippen LogP contribution in [0, 0.1) is 0 Å². The van der Waals surface area contributed by atoms with Gasteiger partial charge in [-0.2, -0.15) is 0 Å². The number of fused-ring (bicyclic) bond motifs is 1. The van der Waals surface area contributed by atoms with Gasteiger partial charge in [-0.15, -0.1) is 0 Å². The van der Waals surface area contributed by atoms with Crippen molar-refractivity contribution in [2.75, 3.05) is 0 Å². The van der Waals surface area contributed by atoms with Crippen LogP contribution in [0.3, 0.4) is 0 Å². The minimum absolute atomic E-state index is 0.771. The van der Waals surface area contributed by atoms with Crippen LogP contribution in [0.4, 0.5) is 0 Å². The van der Waals surface area contributed by atoms with Crippen molar-refractivity contribution in [2.45, 2.75) is 0 Å². The van der Waals surface area contributed by atoms with Crippen LogP contribution >= 0.6 is 0 Å². The Bertz CT molecular complexity index is 593. The van der Waals surface area contributed by atoms with Crippen LogP contribution in [0.15, 0.2) is 54.9 Å². The van der Waals surface area contributed by atoms with Crippen molar-refractivity contribution in [1.82, 2.24) is 9.38 Å². The van der Waals surface area contributed by atoms with E-state index >= 15 is 0 Å². The minimum Gasteiger partial charge on any atom is -0.306 e. The van der Waals surface area contributed by atoms with Gasteiger partial charge in [-0.1, -0.05) is 35.8 Å². The summed E-state index contributed by atoms with van der Waals surface area (Å²) in [6, 6.07) is 13.7. The third-order valence-corrected chi connectivity index (χ3v) is 2.57. The molecule has 0 saturated heterocycles. The lowest BCUT2D eigenvalue weighted by Crippen LogP contribution is -1.99. The van der Waals surface area contributed by atoms with Gasteiger partial charge in [0.15, 0.2) is 0 Å². The maximum absolute atomic E-state index is 5.65. The summed E-state index contributed by atoms with van der Waals surface area (Å²) >= 11 is 0. The molecule has 3 aromatic rings. The van der Waals surface area contributed by atoms with Gasteiger partial charge >= 0.3 is 0 Å². The lowest BCUT2D eigenvalue weighted by Gasteiger charge is -1.96. The Morgan fingerprint density at radius 1 is 1.00 bits per heavy atom. The fourth-order valence-corrected chi connectivity index (χ4v) is 1.73. The van der Waals surface area contributed by atoms with Gasteiger partial charge in [-0.05, 0) is 12.1 Å². The lowest BCUT2D eigenvalue weighted by molar-refractivity contribution is 1.19. The van der Waals surface area contributed by atoms with E-state index < -0.39 is 0 Å². The lowest BCUT2D eigenvalue weighted by atomic mass is 9.95. The van der Waals surface area contributed by atoms with E-state index in [0.717, 1.165) is 22.4 Å². The number of hydrogen-bond acceptors (Lipinski definition) is 1. The molecule has 3 heteroatoms. The molecule has 0 aliphatic heterocycles. The molecule has 0 amide bonds. The molecule has 1 aromatic carbocycles. The molecule has 0 saturated carbocycles. The van der Waals surface area contributed by atoms with Crippen molar-refractivity contribution in [1.29, 1.82) is 0 Å². The van der Waals surface area contributed by atoms with Crippen LogP contribution in [-0.2, 0) is 0 Å². The Kier molecular flexibility index (Phi) is 2.03. The predicted molar refractivity (Wildman–Crippen MR) is 66.0 cm³/mol. The van der Waals surface area contributed by atoms with Gasteiger partial charge in [0.1, 0.15) is 13.5 Å². The summed E-state index contributed by atoms with van der Waals surface area (Å²) in [6.07, 6.45) is 4.00. The maximum atomic E-state index is 5.65. The van der Waals surface area contributed by atoms with Gasteiger partial charge < -0.3 is 4.40 Å². The molecule has 2 nitrogen and oxygen atoms in total. The molecular weight excluding hydrogens is 195 g/mol. The molecule has 16 heavy (non-hydrogen) atoms. The zero-order valence-electron chi connectivity index (χ0n) is 8.67. The topological polar surface area (TPSA) is 17.3 Å². The second-order valence-corrected chi connectivity index (χ2v) is 3.71. The number of hydrogen-bond donors (Lipinski definition) is 0. The largest absolute Gasteiger partial charge is 0.306 e. The molecule has 0 aliphatic carbocycles. The Hall–Kier alpha value is -2.03. The van der Waals surface area contributed by atoms with Crippen LogP contribution in [0.25, 0.3) is 16.9 Å². The van der Waals surface area contributed by atoms with Crippen molar-refractivity contribution in [3.8, 4) is 11.3 Å². The minimum atomic E-state index is 0.771. The van der Waals surface area contributed by atoms with Crippen molar-refractivity contribution < 1.29 is 0 Å². The highest BCUT2D eigenvalue weighted by Gasteiger charge is 2.02. The fourth-order valence-electron chi connectivity index (χ4n) is 1.73. The van der Waals surface area contributed by atoms with E-state index in [1.807, 2.05) is 59.3 Å². The van der Waals surface area contributed by atoms with E-state index in [2.05, 4.69) is 4.98 Å². The van der Waals surface area contributed by atoms with Crippen LogP contribution in [0.1, 0.15) is 0 Å². The van der Waals surface area contributed by atoms with Gasteiger partial charge in [0.05, 0.1) is 5.69 Å². The number of nitrogens with zero attached hydrogens (tertiary/aromatic N) is 2. The highest BCUT2D eigenvalue weighted by molar-refractivity contribution is 6.32. The van der Waals surface area contributed by atoms with Gasteiger partial charge in [-0.3, -0.25) is 0 Å². The van der Waals surface area contributed by atoms with Crippen LogP contribution in [0.5, 0.6) is 0 Å². The highest BCUT2D eigenvalue weighted by Crippen LogP contribution is 2.17. The zero-order chi connectivity index (χ0) is 11.0. The normalized spacial score (nSPS) is 10.8. The molecule has 2 heterocycles. The molecule has 0 unspecified atom stereocenters. The number of aromatic nitrogens is 2. The monoisotopic (exact) mass is 204 g/mol. The van der Waals surface area contributed by atoms with Crippen LogP contribution < -0.4 is 5.46 Å². The average molecular weight is 204 g/mol. The summed E-state index contributed by atoms with van der Waals surface area (Å²) in [4.78, 5) is 4.53. The van der Waals surface area contributed by atoms with E-state index in [4.69, 9.17) is 7.85 Å². The number of imidazole rings is 1. The summed E-state index contributed by atoms with van der Waals surface area (Å²) in [7, 11) is 5.65. The second-order valence-electron chi connectivity index (χ2n) is 3.71. The predicted octanol–water partition coefficient (Wildman–Crippen LogP) is 1.80. The standard InChI is InChI=1S/C13H9BN2/c14-11-6-4-10(5-7-11)12-9-16-8-2-1-3-13(16)15-12/h1-9H. The first-order valence-electron chi connectivity index (χ1n) is 5.12. The molecule has 0 N–H and O–H groups in total. The smallest absolute Gasteiger partial charge is 0.137 e. The van der Waals surface area contributed by atoms with Gasteiger partial charge in [0.2, 0.25) is 0 Å². The molecule has 2 radical (unpaired) electrons. The highest BCUT2D eigenvalue weighted by atomic mass is 15.0. The first kappa shape index (κ1) is 9.22. The van der Waals surface area contributed by atoms with E-state index in [-0.39, 0.29) is 0 Å². The van der Waals surface area contributed by atoms with Gasteiger partial charge in [0, 0.05) is 18.0 Å². The van der Waals surface area contributed by atoms with E-state index in [9.17, 15) is 0 Å². The molecule has 0 fully saturated rings. The van der Waals surface area contributed by atoms with E-state index in [0.29, 0.717) is 0 Å². The fraction of sp³-hybridized carbons (Fsp3) is 0. The number of pyridine rings is 1. The van der Waals surface area contributed by atoms with Crippen molar-refractivity contribution in [3.63, 3.8) is 0 Å². The summed E-state index contributed by atoms with van der Waals surface area (Å²) in [6.45, 7) is 0. The Balaban J connectivity index is 2.15. The van der Waals surface area contributed by atoms with Gasteiger partial charge in [-0.25, -0.2) is 4.98 Å². The molecular formula is C13H9BN2. The van der Waals surface area contributed by atoms with E-state index in [1.54, 1.807) is 0 Å². The van der Waals surface area contributed by atoms with E-state index in [1.165, 1.54) is 0 Å². The molecule has 0 aliphatic rings. The zero-order valence-corrected chi connectivity index (χ0v) is 8.67. The molecule has 74 valence electrons. The second kappa shape index (κ2) is 3.52. The van der Waals surface area contributed by atoms with Crippen molar-refractivity contribution in [2.24, 2.45) is 0 Å². The van der Waals surface area contributed by atoms with Gasteiger partial charge in [0.25, 0.3) is 0 Å². The molecule has 2 aromatic heterocycles. The number of rotatable bonds is 1. The molecule has 3 rings (SSSR count). The SMILES string of the molecule is [B]c1ccc(-c2cn3ccccc3n2)cc1. The Morgan fingerprint density at radius 2 is 1.81 bits per heavy atom. The number of benzene rings is 1. The third kappa shape index (κ3) is 1.50. The molecule has 0 spiro atoms. The first-order valence-corrected chi connectivity index (χ1v) is 5.12. The summed E-state index contributed by atoms with van der Waals surface area (Å²) in [5.74, 6) is 0. The molecule has 0 bridgehead atoms.